The van der Waals surface area contributed by atoms with Gasteiger partial charge in [0, 0.05) is 6.42 Å². The summed E-state index contributed by atoms with van der Waals surface area (Å²) in [7, 11) is 0. The van der Waals surface area contributed by atoms with E-state index in [1.165, 1.54) is 0 Å². The summed E-state index contributed by atoms with van der Waals surface area (Å²) >= 11 is 0. The van der Waals surface area contributed by atoms with E-state index in [0.29, 0.717) is 11.7 Å². The van der Waals surface area contributed by atoms with Gasteiger partial charge in [-0.25, -0.2) is 0 Å². The molecular weight excluding hydrogens is 166 g/mol. The van der Waals surface area contributed by atoms with Crippen LogP contribution in [0.3, 0.4) is 0 Å². The van der Waals surface area contributed by atoms with Crippen LogP contribution in [0.1, 0.15) is 45.3 Å². The molecule has 0 bridgehead atoms. The van der Waals surface area contributed by atoms with Crippen LogP contribution in [0.15, 0.2) is 4.52 Å². The molecule has 4 heteroatoms. The van der Waals surface area contributed by atoms with Crippen molar-refractivity contribution in [3.05, 3.63) is 11.7 Å². The number of hydrogen-bond acceptors (Lipinski definition) is 4. The molecule has 0 fully saturated rings. The van der Waals surface area contributed by atoms with Crippen molar-refractivity contribution in [2.24, 2.45) is 5.73 Å². The zero-order chi connectivity index (χ0) is 9.90. The molecule has 1 atom stereocenters. The summed E-state index contributed by atoms with van der Waals surface area (Å²) in [6.07, 6.45) is 2.64. The molecule has 0 radical (unpaired) electrons. The Morgan fingerprint density at radius 2 is 2.15 bits per heavy atom. The minimum absolute atomic E-state index is 0.463. The standard InChI is InChI=1S/C9H17N3O/c1-4-6-7-11-8(12-13-7)9(3,10)5-2/h4-6,10H2,1-3H3. The number of hydrogen-bond donors (Lipinski definition) is 1. The molecular formula is C9H17N3O. The van der Waals surface area contributed by atoms with Gasteiger partial charge in [0.2, 0.25) is 5.89 Å². The van der Waals surface area contributed by atoms with E-state index in [-0.39, 0.29) is 0 Å². The first kappa shape index (κ1) is 10.2. The molecule has 0 amide bonds. The van der Waals surface area contributed by atoms with Crippen LogP contribution >= 0.6 is 0 Å². The maximum absolute atomic E-state index is 5.96. The summed E-state index contributed by atoms with van der Waals surface area (Å²) in [6, 6.07) is 0. The highest BCUT2D eigenvalue weighted by Gasteiger charge is 2.24. The van der Waals surface area contributed by atoms with E-state index in [2.05, 4.69) is 17.1 Å². The minimum Gasteiger partial charge on any atom is -0.339 e. The molecule has 13 heavy (non-hydrogen) atoms. The molecule has 2 N–H and O–H groups in total. The lowest BCUT2D eigenvalue weighted by atomic mass is 10.0. The molecule has 0 aromatic carbocycles. The molecule has 0 saturated heterocycles. The highest BCUT2D eigenvalue weighted by molar-refractivity contribution is 5.00. The van der Waals surface area contributed by atoms with Crippen LogP contribution in [-0.2, 0) is 12.0 Å². The first-order valence-electron chi connectivity index (χ1n) is 4.72. The molecule has 4 nitrogen and oxygen atoms in total. The van der Waals surface area contributed by atoms with Gasteiger partial charge in [-0.05, 0) is 19.8 Å². The Hall–Kier alpha value is -0.900. The second-order valence-corrected chi connectivity index (χ2v) is 3.53. The first-order chi connectivity index (χ1) is 6.10. The number of nitrogens with zero attached hydrogens (tertiary/aromatic N) is 2. The van der Waals surface area contributed by atoms with Gasteiger partial charge < -0.3 is 10.3 Å². The van der Waals surface area contributed by atoms with Crippen molar-refractivity contribution < 1.29 is 4.52 Å². The molecule has 0 aliphatic rings. The van der Waals surface area contributed by atoms with Gasteiger partial charge in [-0.1, -0.05) is 19.0 Å². The summed E-state index contributed by atoms with van der Waals surface area (Å²) in [6.45, 7) is 5.99. The molecule has 1 rings (SSSR count). The number of nitrogens with two attached hydrogens (primary N) is 1. The average molecular weight is 183 g/mol. The van der Waals surface area contributed by atoms with Crippen molar-refractivity contribution in [3.63, 3.8) is 0 Å². The van der Waals surface area contributed by atoms with Gasteiger partial charge in [0.05, 0.1) is 5.54 Å². The van der Waals surface area contributed by atoms with E-state index in [9.17, 15) is 0 Å². The summed E-state index contributed by atoms with van der Waals surface area (Å²) in [4.78, 5) is 4.24. The molecule has 1 aromatic heterocycles. The van der Waals surface area contributed by atoms with Crippen molar-refractivity contribution >= 4 is 0 Å². The molecule has 1 aromatic rings. The van der Waals surface area contributed by atoms with Gasteiger partial charge in [-0.3, -0.25) is 0 Å². The topological polar surface area (TPSA) is 64.9 Å². The summed E-state index contributed by atoms with van der Waals surface area (Å²) < 4.78 is 5.05. The monoisotopic (exact) mass is 183 g/mol. The summed E-state index contributed by atoms with van der Waals surface area (Å²) in [5.41, 5.74) is 5.50. The maximum atomic E-state index is 5.96. The third kappa shape index (κ3) is 2.28. The third-order valence-corrected chi connectivity index (χ3v) is 2.18. The quantitative estimate of drug-likeness (QED) is 0.770. The second kappa shape index (κ2) is 3.87. The molecule has 0 aliphatic heterocycles. The number of rotatable bonds is 4. The lowest BCUT2D eigenvalue weighted by Crippen LogP contribution is -2.33. The predicted octanol–water partition coefficient (Wildman–Crippen LogP) is 1.61. The maximum Gasteiger partial charge on any atom is 0.226 e. The van der Waals surface area contributed by atoms with Crippen LogP contribution in [0.2, 0.25) is 0 Å². The molecule has 0 saturated carbocycles. The zero-order valence-corrected chi connectivity index (χ0v) is 8.50. The van der Waals surface area contributed by atoms with Crippen molar-refractivity contribution in [2.75, 3.05) is 0 Å². The third-order valence-electron chi connectivity index (χ3n) is 2.18. The lowest BCUT2D eigenvalue weighted by Gasteiger charge is -2.16. The molecule has 74 valence electrons. The van der Waals surface area contributed by atoms with E-state index in [1.807, 2.05) is 13.8 Å². The Balaban J connectivity index is 2.79. The largest absolute Gasteiger partial charge is 0.339 e. The van der Waals surface area contributed by atoms with Gasteiger partial charge in [0.1, 0.15) is 0 Å². The van der Waals surface area contributed by atoms with Crippen molar-refractivity contribution in [1.82, 2.24) is 10.1 Å². The van der Waals surface area contributed by atoms with Crippen molar-refractivity contribution in [3.8, 4) is 0 Å². The average Bonchev–Trinajstić information content (AvgIpc) is 2.54. The van der Waals surface area contributed by atoms with Gasteiger partial charge in [-0.2, -0.15) is 4.98 Å². The van der Waals surface area contributed by atoms with Crippen LogP contribution in [-0.4, -0.2) is 10.1 Å². The van der Waals surface area contributed by atoms with Crippen LogP contribution in [0.4, 0.5) is 0 Å². The van der Waals surface area contributed by atoms with E-state index in [1.54, 1.807) is 0 Å². The Morgan fingerprint density at radius 3 is 2.69 bits per heavy atom. The van der Waals surface area contributed by atoms with Crippen LogP contribution in [0.25, 0.3) is 0 Å². The molecule has 0 spiro atoms. The molecule has 1 heterocycles. The smallest absolute Gasteiger partial charge is 0.226 e. The predicted molar refractivity (Wildman–Crippen MR) is 50.1 cm³/mol. The minimum atomic E-state index is -0.463. The van der Waals surface area contributed by atoms with Crippen molar-refractivity contribution in [2.45, 2.75) is 45.6 Å². The Labute approximate surface area is 78.5 Å². The summed E-state index contributed by atoms with van der Waals surface area (Å²) in [5.74, 6) is 1.29. The van der Waals surface area contributed by atoms with E-state index < -0.39 is 5.54 Å². The molecule has 1 unspecified atom stereocenters. The van der Waals surface area contributed by atoms with Gasteiger partial charge in [0.15, 0.2) is 5.82 Å². The van der Waals surface area contributed by atoms with Gasteiger partial charge >= 0.3 is 0 Å². The lowest BCUT2D eigenvalue weighted by molar-refractivity contribution is 0.351. The Bertz CT molecular complexity index is 268. The fourth-order valence-corrected chi connectivity index (χ4v) is 0.960. The van der Waals surface area contributed by atoms with Gasteiger partial charge in [0.25, 0.3) is 0 Å². The van der Waals surface area contributed by atoms with E-state index in [0.717, 1.165) is 19.3 Å². The first-order valence-corrected chi connectivity index (χ1v) is 4.72. The normalized spacial score (nSPS) is 15.7. The number of aryl methyl sites for hydroxylation is 1. The number of aromatic nitrogens is 2. The molecule has 0 aliphatic carbocycles. The zero-order valence-electron chi connectivity index (χ0n) is 8.50. The second-order valence-electron chi connectivity index (χ2n) is 3.53. The summed E-state index contributed by atoms with van der Waals surface area (Å²) in [5, 5.41) is 3.87. The highest BCUT2D eigenvalue weighted by atomic mass is 16.5. The Kier molecular flexibility index (Phi) is 3.03. The fraction of sp³-hybridized carbons (Fsp3) is 0.778. The SMILES string of the molecule is CCCc1nc(C(C)(N)CC)no1. The van der Waals surface area contributed by atoms with Crippen LogP contribution < -0.4 is 5.73 Å². The van der Waals surface area contributed by atoms with E-state index >= 15 is 0 Å². The Morgan fingerprint density at radius 1 is 1.46 bits per heavy atom. The van der Waals surface area contributed by atoms with E-state index in [4.69, 9.17) is 10.3 Å². The highest BCUT2D eigenvalue weighted by Crippen LogP contribution is 2.17. The fourth-order valence-electron chi connectivity index (χ4n) is 0.960. The van der Waals surface area contributed by atoms with Gasteiger partial charge in [-0.15, -0.1) is 0 Å². The van der Waals surface area contributed by atoms with Crippen LogP contribution in [0, 0.1) is 0 Å². The van der Waals surface area contributed by atoms with Crippen LogP contribution in [0.5, 0.6) is 0 Å². The van der Waals surface area contributed by atoms with Crippen molar-refractivity contribution in [1.29, 1.82) is 0 Å².